The lowest BCUT2D eigenvalue weighted by atomic mass is 10.0. The highest BCUT2D eigenvalue weighted by Crippen LogP contribution is 2.12. The number of rotatable bonds is 3. The first-order valence-electron chi connectivity index (χ1n) is 4.99. The molecule has 15 heavy (non-hydrogen) atoms. The Morgan fingerprint density at radius 2 is 2.07 bits per heavy atom. The summed E-state index contributed by atoms with van der Waals surface area (Å²) in [6, 6.07) is 9.08. The van der Waals surface area contributed by atoms with Crippen LogP contribution in [0.4, 0.5) is 0 Å². The Hall–Kier alpha value is -1.64. The molecule has 77 valence electrons. The number of benzene rings is 1. The number of Topliss-reactive ketones (excluding diaryl/α,β-unsaturated/α-hetero) is 1. The minimum absolute atomic E-state index is 0.0212. The van der Waals surface area contributed by atoms with Crippen LogP contribution >= 0.6 is 0 Å². The first kappa shape index (κ1) is 9.90. The van der Waals surface area contributed by atoms with E-state index in [1.54, 1.807) is 6.42 Å². The Morgan fingerprint density at radius 1 is 1.33 bits per heavy atom. The van der Waals surface area contributed by atoms with Gasteiger partial charge in [-0.05, 0) is 12.0 Å². The maximum absolute atomic E-state index is 11.7. The van der Waals surface area contributed by atoms with Gasteiger partial charge in [-0.15, -0.1) is 0 Å². The van der Waals surface area contributed by atoms with Gasteiger partial charge in [0.2, 0.25) is 5.91 Å². The van der Waals surface area contributed by atoms with Crippen LogP contribution in [-0.4, -0.2) is 17.7 Å². The lowest BCUT2D eigenvalue weighted by Gasteiger charge is -2.07. The SMILES string of the molecule is O=C1CC[C@H](C(=O)[CH]c2ccccc2)N1. The van der Waals surface area contributed by atoms with E-state index in [0.717, 1.165) is 5.56 Å². The van der Waals surface area contributed by atoms with Crippen LogP contribution in [0.3, 0.4) is 0 Å². The minimum atomic E-state index is -0.322. The van der Waals surface area contributed by atoms with Crippen LogP contribution in [0.25, 0.3) is 0 Å². The summed E-state index contributed by atoms with van der Waals surface area (Å²) in [5.74, 6) is -0.0538. The van der Waals surface area contributed by atoms with E-state index in [-0.39, 0.29) is 17.7 Å². The monoisotopic (exact) mass is 202 g/mol. The second-order valence-corrected chi connectivity index (χ2v) is 3.62. The highest BCUT2D eigenvalue weighted by Gasteiger charge is 2.26. The van der Waals surface area contributed by atoms with Gasteiger partial charge in [-0.1, -0.05) is 30.3 Å². The van der Waals surface area contributed by atoms with Gasteiger partial charge in [0.25, 0.3) is 0 Å². The molecule has 0 aliphatic carbocycles. The number of hydrogen-bond donors (Lipinski definition) is 1. The quantitative estimate of drug-likeness (QED) is 0.797. The Kier molecular flexibility index (Phi) is 2.81. The molecule has 1 heterocycles. The van der Waals surface area contributed by atoms with Crippen LogP contribution in [0.5, 0.6) is 0 Å². The minimum Gasteiger partial charge on any atom is -0.346 e. The zero-order valence-corrected chi connectivity index (χ0v) is 8.27. The molecule has 1 radical (unpaired) electrons. The molecule has 1 aromatic rings. The number of hydrogen-bond acceptors (Lipinski definition) is 2. The normalized spacial score (nSPS) is 20.0. The summed E-state index contributed by atoms with van der Waals surface area (Å²) >= 11 is 0. The topological polar surface area (TPSA) is 46.2 Å². The first-order valence-corrected chi connectivity index (χ1v) is 4.99. The lowest BCUT2D eigenvalue weighted by molar-refractivity contribution is -0.122. The van der Waals surface area contributed by atoms with Crippen LogP contribution in [0.1, 0.15) is 18.4 Å². The summed E-state index contributed by atoms with van der Waals surface area (Å²) in [5, 5.41) is 2.65. The van der Waals surface area contributed by atoms with Crippen molar-refractivity contribution in [1.82, 2.24) is 5.32 Å². The Balaban J connectivity index is 1.96. The van der Waals surface area contributed by atoms with Gasteiger partial charge in [0, 0.05) is 6.42 Å². The molecular formula is C12H12NO2. The maximum Gasteiger partial charge on any atom is 0.220 e. The van der Waals surface area contributed by atoms with Crippen molar-refractivity contribution in [2.75, 3.05) is 0 Å². The predicted molar refractivity (Wildman–Crippen MR) is 56.0 cm³/mol. The van der Waals surface area contributed by atoms with Crippen molar-refractivity contribution in [2.45, 2.75) is 18.9 Å². The molecule has 1 N–H and O–H groups in total. The van der Waals surface area contributed by atoms with Crippen molar-refractivity contribution in [3.63, 3.8) is 0 Å². The Labute approximate surface area is 88.5 Å². The van der Waals surface area contributed by atoms with E-state index in [4.69, 9.17) is 0 Å². The van der Waals surface area contributed by atoms with E-state index in [9.17, 15) is 9.59 Å². The van der Waals surface area contributed by atoms with Crippen molar-refractivity contribution in [1.29, 1.82) is 0 Å². The molecule has 1 atom stereocenters. The van der Waals surface area contributed by atoms with E-state index >= 15 is 0 Å². The Morgan fingerprint density at radius 3 is 2.67 bits per heavy atom. The maximum atomic E-state index is 11.7. The molecule has 1 amide bonds. The van der Waals surface area contributed by atoms with Gasteiger partial charge in [-0.2, -0.15) is 0 Å². The third kappa shape index (κ3) is 2.43. The standard InChI is InChI=1S/C12H12NO2/c14-11(10-6-7-12(15)13-10)8-9-4-2-1-3-5-9/h1-5,8,10H,6-7H2,(H,13,15)/t10-/m1/s1. The van der Waals surface area contributed by atoms with Gasteiger partial charge in [-0.3, -0.25) is 9.59 Å². The summed E-state index contributed by atoms with van der Waals surface area (Å²) in [6.07, 6.45) is 2.65. The molecule has 2 rings (SSSR count). The molecule has 0 spiro atoms. The van der Waals surface area contributed by atoms with E-state index in [1.807, 2.05) is 30.3 Å². The number of carbonyl (C=O) groups excluding carboxylic acids is 2. The van der Waals surface area contributed by atoms with Gasteiger partial charge < -0.3 is 5.32 Å². The molecule has 3 heteroatoms. The average molecular weight is 202 g/mol. The second-order valence-electron chi connectivity index (χ2n) is 3.62. The van der Waals surface area contributed by atoms with Gasteiger partial charge in [0.05, 0.1) is 12.5 Å². The van der Waals surface area contributed by atoms with Crippen LogP contribution in [0.15, 0.2) is 30.3 Å². The van der Waals surface area contributed by atoms with Crippen LogP contribution in [0.2, 0.25) is 0 Å². The summed E-state index contributed by atoms with van der Waals surface area (Å²) in [6.45, 7) is 0. The lowest BCUT2D eigenvalue weighted by Crippen LogP contribution is -2.33. The molecule has 0 saturated carbocycles. The van der Waals surface area contributed by atoms with Crippen molar-refractivity contribution in [3.8, 4) is 0 Å². The second kappa shape index (κ2) is 4.26. The highest BCUT2D eigenvalue weighted by molar-refractivity contribution is 5.99. The van der Waals surface area contributed by atoms with Crippen molar-refractivity contribution in [3.05, 3.63) is 42.3 Å². The summed E-state index contributed by atoms with van der Waals surface area (Å²) < 4.78 is 0. The zero-order valence-electron chi connectivity index (χ0n) is 8.27. The van der Waals surface area contributed by atoms with Crippen molar-refractivity contribution in [2.24, 2.45) is 0 Å². The summed E-state index contributed by atoms with van der Waals surface area (Å²) in [5.41, 5.74) is 0.878. The first-order chi connectivity index (χ1) is 7.25. The number of amides is 1. The number of carbonyl (C=O) groups is 2. The highest BCUT2D eigenvalue weighted by atomic mass is 16.2. The predicted octanol–water partition coefficient (Wildman–Crippen LogP) is 1.09. The number of ketones is 1. The molecule has 0 unspecified atom stereocenters. The molecule has 1 fully saturated rings. The summed E-state index contributed by atoms with van der Waals surface area (Å²) in [7, 11) is 0. The van der Waals surface area contributed by atoms with E-state index in [2.05, 4.69) is 5.32 Å². The third-order valence-electron chi connectivity index (χ3n) is 2.45. The van der Waals surface area contributed by atoms with Gasteiger partial charge >= 0.3 is 0 Å². The fourth-order valence-corrected chi connectivity index (χ4v) is 1.64. The van der Waals surface area contributed by atoms with Crippen molar-refractivity contribution < 1.29 is 9.59 Å². The Bertz CT molecular complexity index is 372. The molecule has 1 saturated heterocycles. The largest absolute Gasteiger partial charge is 0.346 e. The van der Waals surface area contributed by atoms with Crippen LogP contribution < -0.4 is 5.32 Å². The molecular weight excluding hydrogens is 190 g/mol. The molecule has 1 aromatic carbocycles. The molecule has 1 aliphatic rings. The van der Waals surface area contributed by atoms with Gasteiger partial charge in [-0.25, -0.2) is 0 Å². The van der Waals surface area contributed by atoms with E-state index < -0.39 is 0 Å². The average Bonchev–Trinajstić information content (AvgIpc) is 2.66. The van der Waals surface area contributed by atoms with Crippen LogP contribution in [-0.2, 0) is 9.59 Å². The molecule has 1 aliphatic heterocycles. The van der Waals surface area contributed by atoms with Gasteiger partial charge in [0.1, 0.15) is 0 Å². The van der Waals surface area contributed by atoms with Gasteiger partial charge in [0.15, 0.2) is 5.78 Å². The van der Waals surface area contributed by atoms with Crippen LogP contribution in [0, 0.1) is 6.42 Å². The zero-order chi connectivity index (χ0) is 10.7. The fraction of sp³-hybridized carbons (Fsp3) is 0.250. The fourth-order valence-electron chi connectivity index (χ4n) is 1.64. The van der Waals surface area contributed by atoms with E-state index in [0.29, 0.717) is 12.8 Å². The van der Waals surface area contributed by atoms with Crippen molar-refractivity contribution >= 4 is 11.7 Å². The molecule has 0 bridgehead atoms. The molecule has 3 nitrogen and oxygen atoms in total. The number of nitrogens with one attached hydrogen (secondary N) is 1. The summed E-state index contributed by atoms with van der Waals surface area (Å²) in [4.78, 5) is 22.6. The third-order valence-corrected chi connectivity index (χ3v) is 2.45. The smallest absolute Gasteiger partial charge is 0.220 e. The molecule has 0 aromatic heterocycles. The van der Waals surface area contributed by atoms with E-state index in [1.165, 1.54) is 0 Å².